The van der Waals surface area contributed by atoms with E-state index in [0.29, 0.717) is 17.4 Å². The molecule has 1 aromatic carbocycles. The van der Waals surface area contributed by atoms with E-state index in [-0.39, 0.29) is 11.7 Å². The first kappa shape index (κ1) is 16.4. The maximum Gasteiger partial charge on any atom is 0.129 e. The Bertz CT molecular complexity index is 445. The fourth-order valence-corrected chi connectivity index (χ4v) is 3.58. The molecule has 3 atom stereocenters. The summed E-state index contributed by atoms with van der Waals surface area (Å²) >= 11 is 0. The van der Waals surface area contributed by atoms with Crippen molar-refractivity contribution < 1.29 is 8.78 Å². The Morgan fingerprint density at radius 1 is 1.19 bits per heavy atom. The molecule has 2 rings (SSSR count). The summed E-state index contributed by atoms with van der Waals surface area (Å²) in [5.74, 6) is 0.479. The van der Waals surface area contributed by atoms with E-state index < -0.39 is 5.82 Å². The van der Waals surface area contributed by atoms with Gasteiger partial charge in [-0.3, -0.25) is 0 Å². The molecule has 0 saturated heterocycles. The summed E-state index contributed by atoms with van der Waals surface area (Å²) in [6, 6.07) is 4.08. The lowest BCUT2D eigenvalue weighted by molar-refractivity contribution is 0.222. The summed E-state index contributed by atoms with van der Waals surface area (Å²) in [5, 5.41) is 3.47. The van der Waals surface area contributed by atoms with E-state index in [4.69, 9.17) is 0 Å². The highest BCUT2D eigenvalue weighted by atomic mass is 19.1. The Balaban J connectivity index is 2.15. The van der Waals surface area contributed by atoms with E-state index in [1.807, 2.05) is 0 Å². The SMILES string of the molecule is CCCNCC1CCC(CC)CC1c1ccc(F)cc1F. The smallest absolute Gasteiger partial charge is 0.129 e. The molecule has 1 aliphatic rings. The highest BCUT2D eigenvalue weighted by molar-refractivity contribution is 5.24. The Kier molecular flexibility index (Phi) is 6.16. The highest BCUT2D eigenvalue weighted by Gasteiger charge is 2.32. The average Bonchev–Trinajstić information content (AvgIpc) is 2.48. The van der Waals surface area contributed by atoms with E-state index in [2.05, 4.69) is 19.2 Å². The maximum absolute atomic E-state index is 14.2. The van der Waals surface area contributed by atoms with Crippen LogP contribution in [0.2, 0.25) is 0 Å². The summed E-state index contributed by atoms with van der Waals surface area (Å²) in [5.41, 5.74) is 0.706. The molecule has 1 aliphatic carbocycles. The summed E-state index contributed by atoms with van der Waals surface area (Å²) in [7, 11) is 0. The molecule has 118 valence electrons. The van der Waals surface area contributed by atoms with Crippen molar-refractivity contribution in [2.75, 3.05) is 13.1 Å². The normalized spacial score (nSPS) is 26.0. The van der Waals surface area contributed by atoms with Crippen LogP contribution in [0, 0.1) is 23.5 Å². The predicted molar refractivity (Wildman–Crippen MR) is 83.4 cm³/mol. The number of hydrogen-bond donors (Lipinski definition) is 1. The van der Waals surface area contributed by atoms with Crippen LogP contribution in [-0.4, -0.2) is 13.1 Å². The molecular weight excluding hydrogens is 268 g/mol. The van der Waals surface area contributed by atoms with Gasteiger partial charge in [0.15, 0.2) is 0 Å². The molecule has 0 aromatic heterocycles. The summed E-state index contributed by atoms with van der Waals surface area (Å²) in [4.78, 5) is 0. The molecule has 0 aliphatic heterocycles. The van der Waals surface area contributed by atoms with Crippen LogP contribution in [-0.2, 0) is 0 Å². The van der Waals surface area contributed by atoms with E-state index in [1.165, 1.54) is 12.5 Å². The predicted octanol–water partition coefficient (Wildman–Crippen LogP) is 4.87. The second-order valence-corrected chi connectivity index (χ2v) is 6.32. The number of benzene rings is 1. The van der Waals surface area contributed by atoms with Gasteiger partial charge in [0.25, 0.3) is 0 Å². The van der Waals surface area contributed by atoms with Gasteiger partial charge in [-0.2, -0.15) is 0 Å². The number of rotatable bonds is 6. The van der Waals surface area contributed by atoms with Gasteiger partial charge < -0.3 is 5.32 Å². The molecule has 3 heteroatoms. The van der Waals surface area contributed by atoms with Gasteiger partial charge in [0.1, 0.15) is 11.6 Å². The van der Waals surface area contributed by atoms with Crippen molar-refractivity contribution in [3.63, 3.8) is 0 Å². The number of hydrogen-bond acceptors (Lipinski definition) is 1. The zero-order valence-corrected chi connectivity index (χ0v) is 13.2. The van der Waals surface area contributed by atoms with Crippen LogP contribution in [0.15, 0.2) is 18.2 Å². The highest BCUT2D eigenvalue weighted by Crippen LogP contribution is 2.42. The lowest BCUT2D eigenvalue weighted by Crippen LogP contribution is -2.32. The van der Waals surface area contributed by atoms with Crippen molar-refractivity contribution in [1.82, 2.24) is 5.32 Å². The molecule has 0 radical (unpaired) electrons. The second kappa shape index (κ2) is 7.88. The molecule has 0 bridgehead atoms. The minimum absolute atomic E-state index is 0.216. The standard InChI is InChI=1S/C18H27F2N/c1-3-9-21-12-14-6-5-13(4-2)10-17(14)16-8-7-15(19)11-18(16)20/h7-8,11,13-14,17,21H,3-6,9-10,12H2,1-2H3. The minimum Gasteiger partial charge on any atom is -0.316 e. The fourth-order valence-electron chi connectivity index (χ4n) is 3.58. The fraction of sp³-hybridized carbons (Fsp3) is 0.667. The van der Waals surface area contributed by atoms with Crippen molar-refractivity contribution in [2.45, 2.75) is 51.9 Å². The van der Waals surface area contributed by atoms with E-state index in [9.17, 15) is 8.78 Å². The van der Waals surface area contributed by atoms with Crippen LogP contribution in [0.4, 0.5) is 8.78 Å². The quantitative estimate of drug-likeness (QED) is 0.738. The first-order chi connectivity index (χ1) is 10.2. The Morgan fingerprint density at radius 2 is 2.00 bits per heavy atom. The van der Waals surface area contributed by atoms with Crippen molar-refractivity contribution in [3.8, 4) is 0 Å². The lowest BCUT2D eigenvalue weighted by atomic mass is 9.70. The van der Waals surface area contributed by atoms with Gasteiger partial charge in [0.2, 0.25) is 0 Å². The Hall–Kier alpha value is -0.960. The minimum atomic E-state index is -0.486. The molecule has 1 saturated carbocycles. The molecule has 1 nitrogen and oxygen atoms in total. The molecule has 1 aromatic rings. The van der Waals surface area contributed by atoms with Crippen molar-refractivity contribution in [2.24, 2.45) is 11.8 Å². The molecule has 0 heterocycles. The van der Waals surface area contributed by atoms with Crippen LogP contribution in [0.25, 0.3) is 0 Å². The maximum atomic E-state index is 14.2. The van der Waals surface area contributed by atoms with Crippen LogP contribution in [0.5, 0.6) is 0 Å². The third-order valence-corrected chi connectivity index (χ3v) is 4.87. The van der Waals surface area contributed by atoms with Gasteiger partial charge >= 0.3 is 0 Å². The largest absolute Gasteiger partial charge is 0.316 e. The first-order valence-electron chi connectivity index (χ1n) is 8.31. The topological polar surface area (TPSA) is 12.0 Å². The van der Waals surface area contributed by atoms with Crippen LogP contribution in [0.1, 0.15) is 57.4 Å². The number of halogens is 2. The number of nitrogens with one attached hydrogen (secondary N) is 1. The molecule has 1 N–H and O–H groups in total. The molecule has 0 spiro atoms. The van der Waals surface area contributed by atoms with Crippen molar-refractivity contribution in [3.05, 3.63) is 35.4 Å². The van der Waals surface area contributed by atoms with Crippen LogP contribution < -0.4 is 5.32 Å². The lowest BCUT2D eigenvalue weighted by Gasteiger charge is -2.36. The molecule has 21 heavy (non-hydrogen) atoms. The Morgan fingerprint density at radius 3 is 2.67 bits per heavy atom. The molecular formula is C18H27F2N. The Labute approximate surface area is 127 Å². The van der Waals surface area contributed by atoms with Crippen molar-refractivity contribution >= 4 is 0 Å². The molecule has 0 amide bonds. The molecule has 3 unspecified atom stereocenters. The van der Waals surface area contributed by atoms with E-state index in [0.717, 1.165) is 44.8 Å². The zero-order valence-electron chi connectivity index (χ0n) is 13.2. The average molecular weight is 295 g/mol. The van der Waals surface area contributed by atoms with Crippen molar-refractivity contribution in [1.29, 1.82) is 0 Å². The van der Waals surface area contributed by atoms with Crippen LogP contribution in [0.3, 0.4) is 0 Å². The first-order valence-corrected chi connectivity index (χ1v) is 8.31. The van der Waals surface area contributed by atoms with Gasteiger partial charge in [0, 0.05) is 6.07 Å². The summed E-state index contributed by atoms with van der Waals surface area (Å²) in [6.07, 6.45) is 5.65. The van der Waals surface area contributed by atoms with Gasteiger partial charge in [-0.05, 0) is 61.7 Å². The van der Waals surface area contributed by atoms with Crippen LogP contribution >= 0.6 is 0 Å². The van der Waals surface area contributed by atoms with Gasteiger partial charge in [-0.25, -0.2) is 8.78 Å². The zero-order chi connectivity index (χ0) is 15.2. The second-order valence-electron chi connectivity index (χ2n) is 6.32. The van der Waals surface area contributed by atoms with Gasteiger partial charge in [-0.15, -0.1) is 0 Å². The third kappa shape index (κ3) is 4.26. The molecule has 1 fully saturated rings. The summed E-state index contributed by atoms with van der Waals surface area (Å²) < 4.78 is 27.3. The van der Waals surface area contributed by atoms with Gasteiger partial charge in [-0.1, -0.05) is 32.8 Å². The van der Waals surface area contributed by atoms with Gasteiger partial charge in [0.05, 0.1) is 0 Å². The monoisotopic (exact) mass is 295 g/mol. The third-order valence-electron chi connectivity index (χ3n) is 4.87. The van der Waals surface area contributed by atoms with E-state index in [1.54, 1.807) is 6.07 Å². The van der Waals surface area contributed by atoms with E-state index >= 15 is 0 Å². The summed E-state index contributed by atoms with van der Waals surface area (Å²) in [6.45, 7) is 6.30.